The monoisotopic (exact) mass is 260 g/mol. The number of H-pyrrole nitrogens is 1. The molecule has 0 saturated heterocycles. The third kappa shape index (κ3) is 1.86. The number of thiophene rings is 1. The van der Waals surface area contributed by atoms with Crippen molar-refractivity contribution in [3.8, 4) is 22.8 Å². The lowest BCUT2D eigenvalue weighted by molar-refractivity contribution is 0.628. The molecule has 18 heavy (non-hydrogen) atoms. The van der Waals surface area contributed by atoms with E-state index in [-0.39, 0.29) is 5.82 Å². The lowest BCUT2D eigenvalue weighted by Crippen LogP contribution is -1.92. The number of hydrogen-bond acceptors (Lipinski definition) is 4. The summed E-state index contributed by atoms with van der Waals surface area (Å²) in [5, 5.41) is 10.8. The number of halogens is 1. The van der Waals surface area contributed by atoms with Crippen LogP contribution < -0.4 is 5.73 Å². The number of nitrogens with two attached hydrogens (primary N) is 1. The van der Waals surface area contributed by atoms with Crippen molar-refractivity contribution in [3.05, 3.63) is 40.8 Å². The normalized spacial score (nSPS) is 10.7. The van der Waals surface area contributed by atoms with Crippen LogP contribution >= 0.6 is 11.3 Å². The van der Waals surface area contributed by atoms with E-state index >= 15 is 0 Å². The maximum Gasteiger partial charge on any atom is 0.182 e. The second-order valence-electron chi connectivity index (χ2n) is 3.75. The Morgan fingerprint density at radius 1 is 1.28 bits per heavy atom. The van der Waals surface area contributed by atoms with Crippen molar-refractivity contribution in [2.45, 2.75) is 0 Å². The summed E-state index contributed by atoms with van der Waals surface area (Å²) in [4.78, 5) is 4.35. The van der Waals surface area contributed by atoms with Crippen LogP contribution in [0.2, 0.25) is 0 Å². The Kier molecular flexibility index (Phi) is 2.56. The van der Waals surface area contributed by atoms with Crippen LogP contribution in [-0.2, 0) is 0 Å². The van der Waals surface area contributed by atoms with Gasteiger partial charge in [-0.15, -0.1) is 0 Å². The van der Waals surface area contributed by atoms with Crippen LogP contribution in [-0.4, -0.2) is 15.2 Å². The molecule has 3 aromatic rings. The van der Waals surface area contributed by atoms with Gasteiger partial charge in [-0.2, -0.15) is 16.4 Å². The van der Waals surface area contributed by atoms with Gasteiger partial charge in [0, 0.05) is 22.2 Å². The number of aromatic nitrogens is 3. The Morgan fingerprint density at radius 3 is 2.89 bits per heavy atom. The standard InChI is InChI=1S/C12H9FN4S/c13-8-1-2-9(10(14)5-8)12-15-11(16-17-12)7-3-4-18-6-7/h1-6H,14H2,(H,15,16,17). The molecule has 2 heterocycles. The SMILES string of the molecule is Nc1cc(F)ccc1-c1nc(-c2ccsc2)n[nH]1. The van der Waals surface area contributed by atoms with Crippen molar-refractivity contribution >= 4 is 17.0 Å². The Morgan fingerprint density at radius 2 is 2.17 bits per heavy atom. The third-order valence-electron chi connectivity index (χ3n) is 2.53. The minimum atomic E-state index is -0.367. The second-order valence-corrected chi connectivity index (χ2v) is 4.53. The lowest BCUT2D eigenvalue weighted by atomic mass is 10.1. The fourth-order valence-electron chi connectivity index (χ4n) is 1.65. The minimum Gasteiger partial charge on any atom is -0.398 e. The summed E-state index contributed by atoms with van der Waals surface area (Å²) in [5.74, 6) is 0.775. The molecule has 0 saturated carbocycles. The van der Waals surface area contributed by atoms with Crippen molar-refractivity contribution in [1.29, 1.82) is 0 Å². The van der Waals surface area contributed by atoms with E-state index in [1.165, 1.54) is 12.1 Å². The van der Waals surface area contributed by atoms with Crippen LogP contribution in [0.25, 0.3) is 22.8 Å². The van der Waals surface area contributed by atoms with Gasteiger partial charge in [-0.3, -0.25) is 5.10 Å². The van der Waals surface area contributed by atoms with Gasteiger partial charge in [-0.25, -0.2) is 9.37 Å². The van der Waals surface area contributed by atoms with Crippen molar-refractivity contribution in [2.75, 3.05) is 5.73 Å². The van der Waals surface area contributed by atoms with E-state index < -0.39 is 0 Å². The van der Waals surface area contributed by atoms with E-state index in [1.807, 2.05) is 16.8 Å². The summed E-state index contributed by atoms with van der Waals surface area (Å²) in [6, 6.07) is 6.13. The summed E-state index contributed by atoms with van der Waals surface area (Å²) in [6.45, 7) is 0. The van der Waals surface area contributed by atoms with E-state index in [2.05, 4.69) is 15.2 Å². The number of hydrogen-bond donors (Lipinski definition) is 2. The van der Waals surface area contributed by atoms with E-state index in [0.29, 0.717) is 22.9 Å². The van der Waals surface area contributed by atoms with Crippen LogP contribution in [0.4, 0.5) is 10.1 Å². The summed E-state index contributed by atoms with van der Waals surface area (Å²) in [6.07, 6.45) is 0. The van der Waals surface area contributed by atoms with E-state index in [0.717, 1.165) is 5.56 Å². The van der Waals surface area contributed by atoms with E-state index in [4.69, 9.17) is 5.73 Å². The van der Waals surface area contributed by atoms with Crippen molar-refractivity contribution in [3.63, 3.8) is 0 Å². The van der Waals surface area contributed by atoms with Crippen molar-refractivity contribution < 1.29 is 4.39 Å². The van der Waals surface area contributed by atoms with Crippen LogP contribution in [0.1, 0.15) is 0 Å². The molecule has 0 unspecified atom stereocenters. The number of nitrogens with one attached hydrogen (secondary N) is 1. The molecule has 0 aliphatic rings. The summed E-state index contributed by atoms with van der Waals surface area (Å²) >= 11 is 1.58. The molecule has 4 nitrogen and oxygen atoms in total. The molecule has 3 rings (SSSR count). The Bertz CT molecular complexity index is 675. The molecule has 0 aliphatic carbocycles. The lowest BCUT2D eigenvalue weighted by Gasteiger charge is -2.00. The molecule has 0 spiro atoms. The molecule has 0 amide bonds. The summed E-state index contributed by atoms with van der Waals surface area (Å²) in [7, 11) is 0. The maximum absolute atomic E-state index is 13.0. The van der Waals surface area contributed by atoms with Gasteiger partial charge in [0.1, 0.15) is 5.82 Å². The van der Waals surface area contributed by atoms with Crippen LogP contribution in [0.15, 0.2) is 35.0 Å². The Hall–Kier alpha value is -2.21. The van der Waals surface area contributed by atoms with Crippen LogP contribution in [0.3, 0.4) is 0 Å². The highest BCUT2D eigenvalue weighted by molar-refractivity contribution is 7.08. The number of nitrogen functional groups attached to an aromatic ring is 1. The minimum absolute atomic E-state index is 0.336. The van der Waals surface area contributed by atoms with Crippen LogP contribution in [0.5, 0.6) is 0 Å². The topological polar surface area (TPSA) is 67.6 Å². The zero-order valence-electron chi connectivity index (χ0n) is 9.22. The molecule has 6 heteroatoms. The fraction of sp³-hybridized carbons (Fsp3) is 0. The maximum atomic E-state index is 13.0. The first-order valence-corrected chi connectivity index (χ1v) is 6.19. The molecule has 1 aromatic carbocycles. The molecular formula is C12H9FN4S. The zero-order valence-corrected chi connectivity index (χ0v) is 10.0. The molecule has 3 N–H and O–H groups in total. The van der Waals surface area contributed by atoms with Crippen molar-refractivity contribution in [1.82, 2.24) is 15.2 Å². The van der Waals surface area contributed by atoms with Gasteiger partial charge >= 0.3 is 0 Å². The number of rotatable bonds is 2. The molecule has 90 valence electrons. The van der Waals surface area contributed by atoms with Gasteiger partial charge in [0.2, 0.25) is 0 Å². The number of nitrogens with zero attached hydrogens (tertiary/aromatic N) is 2. The molecule has 0 atom stereocenters. The Balaban J connectivity index is 2.03. The summed E-state index contributed by atoms with van der Waals surface area (Å²) in [5.41, 5.74) is 7.68. The number of anilines is 1. The first-order valence-electron chi connectivity index (χ1n) is 5.24. The van der Waals surface area contributed by atoms with Gasteiger partial charge in [0.05, 0.1) is 0 Å². The van der Waals surface area contributed by atoms with Gasteiger partial charge in [-0.05, 0) is 29.6 Å². The van der Waals surface area contributed by atoms with Gasteiger partial charge in [0.15, 0.2) is 11.6 Å². The number of aromatic amines is 1. The molecule has 0 bridgehead atoms. The van der Waals surface area contributed by atoms with E-state index in [1.54, 1.807) is 17.4 Å². The first-order chi connectivity index (χ1) is 8.74. The summed E-state index contributed by atoms with van der Waals surface area (Å²) < 4.78 is 13.0. The zero-order chi connectivity index (χ0) is 12.5. The molecule has 0 aliphatic heterocycles. The van der Waals surface area contributed by atoms with Crippen LogP contribution in [0, 0.1) is 5.82 Å². The second kappa shape index (κ2) is 4.23. The quantitative estimate of drug-likeness (QED) is 0.696. The predicted molar refractivity (Wildman–Crippen MR) is 69.5 cm³/mol. The van der Waals surface area contributed by atoms with E-state index in [9.17, 15) is 4.39 Å². The third-order valence-corrected chi connectivity index (χ3v) is 3.22. The molecular weight excluding hydrogens is 251 g/mol. The highest BCUT2D eigenvalue weighted by Gasteiger charge is 2.10. The number of benzene rings is 1. The Labute approximate surface area is 106 Å². The fourth-order valence-corrected chi connectivity index (χ4v) is 2.29. The molecule has 2 aromatic heterocycles. The van der Waals surface area contributed by atoms with Gasteiger partial charge in [-0.1, -0.05) is 0 Å². The average molecular weight is 260 g/mol. The van der Waals surface area contributed by atoms with Gasteiger partial charge < -0.3 is 5.73 Å². The predicted octanol–water partition coefficient (Wildman–Crippen LogP) is 2.92. The first kappa shape index (κ1) is 10.9. The van der Waals surface area contributed by atoms with Gasteiger partial charge in [0.25, 0.3) is 0 Å². The highest BCUT2D eigenvalue weighted by atomic mass is 32.1. The smallest absolute Gasteiger partial charge is 0.182 e. The van der Waals surface area contributed by atoms with Crippen molar-refractivity contribution in [2.24, 2.45) is 0 Å². The molecule has 0 radical (unpaired) electrons. The average Bonchev–Trinajstić information content (AvgIpc) is 2.99. The highest BCUT2D eigenvalue weighted by Crippen LogP contribution is 2.26. The molecule has 0 fully saturated rings. The largest absolute Gasteiger partial charge is 0.398 e.